The minimum absolute atomic E-state index is 0.164. The summed E-state index contributed by atoms with van der Waals surface area (Å²) in [4.78, 5) is 16.6. The van der Waals surface area contributed by atoms with Gasteiger partial charge in [-0.15, -0.1) is 10.2 Å². The van der Waals surface area contributed by atoms with Crippen LogP contribution in [0.25, 0.3) is 17.1 Å². The van der Waals surface area contributed by atoms with Gasteiger partial charge in [-0.05, 0) is 24.3 Å². The van der Waals surface area contributed by atoms with Crippen LogP contribution in [0, 0.1) is 0 Å². The molecule has 0 saturated carbocycles. The number of carbonyl (C=O) groups excluding carboxylic acids is 1. The number of rotatable bonds is 5. The van der Waals surface area contributed by atoms with Gasteiger partial charge >= 0.3 is 0 Å². The van der Waals surface area contributed by atoms with Gasteiger partial charge in [0.2, 0.25) is 0 Å². The molecule has 4 rings (SSSR count). The van der Waals surface area contributed by atoms with Gasteiger partial charge in [-0.1, -0.05) is 19.0 Å². The van der Waals surface area contributed by atoms with Crippen molar-refractivity contribution in [3.63, 3.8) is 0 Å². The molecular weight excluding hydrogens is 346 g/mol. The molecule has 0 atom stereocenters. The number of hydrogen-bond acceptors (Lipinski definition) is 6. The fourth-order valence-electron chi connectivity index (χ4n) is 2.73. The molecule has 0 aliphatic heterocycles. The van der Waals surface area contributed by atoms with E-state index in [4.69, 9.17) is 4.52 Å². The monoisotopic (exact) mass is 365 g/mol. The van der Waals surface area contributed by atoms with Crippen molar-refractivity contribution in [3.8, 4) is 11.5 Å². The van der Waals surface area contributed by atoms with E-state index in [1.54, 1.807) is 10.6 Å². The van der Waals surface area contributed by atoms with Gasteiger partial charge in [0.05, 0.1) is 6.54 Å². The van der Waals surface area contributed by atoms with Crippen molar-refractivity contribution in [2.24, 2.45) is 7.05 Å². The molecular formula is C18H19N7O2. The van der Waals surface area contributed by atoms with Gasteiger partial charge in [-0.2, -0.15) is 4.98 Å². The fraction of sp³-hybridized carbons (Fsp3) is 0.278. The van der Waals surface area contributed by atoms with Crippen molar-refractivity contribution >= 4 is 11.6 Å². The third-order valence-electron chi connectivity index (χ3n) is 4.27. The number of amides is 1. The molecule has 4 heterocycles. The van der Waals surface area contributed by atoms with Gasteiger partial charge < -0.3 is 14.4 Å². The molecule has 0 saturated heterocycles. The number of pyridine rings is 1. The SMILES string of the molecule is CC(C)c1noc(-c2ccn3c(CNC(=O)c4cccn4C)nnc3c2)n1. The molecule has 0 unspecified atom stereocenters. The Kier molecular flexibility index (Phi) is 4.19. The summed E-state index contributed by atoms with van der Waals surface area (Å²) in [6.45, 7) is 4.28. The average molecular weight is 365 g/mol. The van der Waals surface area contributed by atoms with Crippen LogP contribution < -0.4 is 5.32 Å². The second-order valence-electron chi connectivity index (χ2n) is 6.56. The highest BCUT2D eigenvalue weighted by atomic mass is 16.5. The maximum atomic E-state index is 12.2. The summed E-state index contributed by atoms with van der Waals surface area (Å²) in [5, 5.41) is 15.2. The first kappa shape index (κ1) is 17.0. The first-order valence-electron chi connectivity index (χ1n) is 8.60. The molecule has 0 aliphatic carbocycles. The number of carbonyl (C=O) groups is 1. The molecule has 1 N–H and O–H groups in total. The van der Waals surface area contributed by atoms with Crippen molar-refractivity contribution in [1.29, 1.82) is 0 Å². The van der Waals surface area contributed by atoms with Crippen molar-refractivity contribution in [2.75, 3.05) is 0 Å². The van der Waals surface area contributed by atoms with E-state index in [0.717, 1.165) is 5.56 Å². The Hall–Kier alpha value is -3.49. The Balaban J connectivity index is 1.53. The lowest BCUT2D eigenvalue weighted by atomic mass is 10.2. The summed E-state index contributed by atoms with van der Waals surface area (Å²) in [7, 11) is 1.82. The third-order valence-corrected chi connectivity index (χ3v) is 4.27. The molecule has 0 aromatic carbocycles. The largest absolute Gasteiger partial charge is 0.347 e. The van der Waals surface area contributed by atoms with Gasteiger partial charge in [-0.25, -0.2) is 0 Å². The van der Waals surface area contributed by atoms with Crippen LogP contribution in [0.4, 0.5) is 0 Å². The van der Waals surface area contributed by atoms with Gasteiger partial charge in [0.1, 0.15) is 5.69 Å². The normalized spacial score (nSPS) is 11.4. The smallest absolute Gasteiger partial charge is 0.268 e. The maximum absolute atomic E-state index is 12.2. The molecule has 0 fully saturated rings. The van der Waals surface area contributed by atoms with Crippen LogP contribution in [0.5, 0.6) is 0 Å². The predicted octanol–water partition coefficient (Wildman–Crippen LogP) is 2.17. The third kappa shape index (κ3) is 3.19. The molecule has 27 heavy (non-hydrogen) atoms. The average Bonchev–Trinajstić information content (AvgIpc) is 3.38. The highest BCUT2D eigenvalue weighted by Gasteiger charge is 2.14. The molecule has 138 valence electrons. The van der Waals surface area contributed by atoms with Crippen molar-refractivity contribution < 1.29 is 9.32 Å². The van der Waals surface area contributed by atoms with Crippen LogP contribution in [0.1, 0.15) is 41.9 Å². The summed E-state index contributed by atoms with van der Waals surface area (Å²) in [5.41, 5.74) is 2.00. The number of nitrogens with zero attached hydrogens (tertiary/aromatic N) is 6. The van der Waals surface area contributed by atoms with E-state index in [2.05, 4.69) is 25.7 Å². The van der Waals surface area contributed by atoms with Crippen molar-refractivity contribution in [1.82, 2.24) is 34.6 Å². The fourth-order valence-corrected chi connectivity index (χ4v) is 2.73. The Morgan fingerprint density at radius 1 is 1.26 bits per heavy atom. The zero-order valence-electron chi connectivity index (χ0n) is 15.2. The Morgan fingerprint density at radius 2 is 2.11 bits per heavy atom. The number of hydrogen-bond donors (Lipinski definition) is 1. The van der Waals surface area contributed by atoms with Crippen molar-refractivity contribution in [2.45, 2.75) is 26.3 Å². The van der Waals surface area contributed by atoms with Crippen LogP contribution in [0.3, 0.4) is 0 Å². The lowest BCUT2D eigenvalue weighted by Gasteiger charge is -2.05. The minimum atomic E-state index is -0.164. The molecule has 4 aromatic rings. The van der Waals surface area contributed by atoms with Gasteiger partial charge in [0, 0.05) is 30.9 Å². The van der Waals surface area contributed by atoms with Crippen LogP contribution in [0.15, 0.2) is 41.2 Å². The summed E-state index contributed by atoms with van der Waals surface area (Å²) in [6, 6.07) is 7.27. The quantitative estimate of drug-likeness (QED) is 0.581. The van der Waals surface area contributed by atoms with Crippen LogP contribution in [-0.2, 0) is 13.6 Å². The maximum Gasteiger partial charge on any atom is 0.268 e. The molecule has 1 amide bonds. The Bertz CT molecular complexity index is 1110. The van der Waals surface area contributed by atoms with E-state index in [9.17, 15) is 4.79 Å². The Labute approximate surface area is 155 Å². The van der Waals surface area contributed by atoms with E-state index in [-0.39, 0.29) is 18.4 Å². The number of aryl methyl sites for hydroxylation is 1. The summed E-state index contributed by atoms with van der Waals surface area (Å²) < 4.78 is 8.90. The summed E-state index contributed by atoms with van der Waals surface area (Å²) in [6.07, 6.45) is 3.65. The highest BCUT2D eigenvalue weighted by molar-refractivity contribution is 5.92. The van der Waals surface area contributed by atoms with Gasteiger partial charge in [-0.3, -0.25) is 9.20 Å². The van der Waals surface area contributed by atoms with E-state index in [0.29, 0.717) is 28.9 Å². The zero-order valence-corrected chi connectivity index (χ0v) is 15.2. The second-order valence-corrected chi connectivity index (χ2v) is 6.56. The van der Waals surface area contributed by atoms with Crippen molar-refractivity contribution in [3.05, 3.63) is 54.0 Å². The van der Waals surface area contributed by atoms with E-state index >= 15 is 0 Å². The lowest BCUT2D eigenvalue weighted by molar-refractivity contribution is 0.0941. The van der Waals surface area contributed by atoms with E-state index in [1.165, 1.54) is 0 Å². The number of aromatic nitrogens is 6. The Morgan fingerprint density at radius 3 is 2.81 bits per heavy atom. The molecule has 0 bridgehead atoms. The minimum Gasteiger partial charge on any atom is -0.347 e. The number of fused-ring (bicyclic) bond motifs is 1. The molecule has 0 aliphatic rings. The summed E-state index contributed by atoms with van der Waals surface area (Å²) in [5.74, 6) is 1.77. The summed E-state index contributed by atoms with van der Waals surface area (Å²) >= 11 is 0. The van der Waals surface area contributed by atoms with Crippen LogP contribution >= 0.6 is 0 Å². The highest BCUT2D eigenvalue weighted by Crippen LogP contribution is 2.21. The van der Waals surface area contributed by atoms with E-state index in [1.807, 2.05) is 55.9 Å². The first-order chi connectivity index (χ1) is 13.0. The van der Waals surface area contributed by atoms with Gasteiger partial charge in [0.15, 0.2) is 17.3 Å². The second kappa shape index (κ2) is 6.67. The van der Waals surface area contributed by atoms with Crippen LogP contribution in [0.2, 0.25) is 0 Å². The topological polar surface area (TPSA) is 103 Å². The zero-order chi connectivity index (χ0) is 19.0. The lowest BCUT2D eigenvalue weighted by Crippen LogP contribution is -2.25. The first-order valence-corrected chi connectivity index (χ1v) is 8.60. The molecule has 4 aromatic heterocycles. The predicted molar refractivity (Wildman–Crippen MR) is 97.0 cm³/mol. The van der Waals surface area contributed by atoms with Crippen LogP contribution in [-0.4, -0.2) is 35.2 Å². The standard InChI is InChI=1S/C18H19N7O2/c1-11(2)16-20-18(27-23-16)12-6-8-25-14(9-12)21-22-15(25)10-19-17(26)13-5-4-7-24(13)3/h4-9,11H,10H2,1-3H3,(H,19,26). The molecule has 0 spiro atoms. The van der Waals surface area contributed by atoms with E-state index < -0.39 is 0 Å². The molecule has 9 heteroatoms. The number of nitrogens with one attached hydrogen (secondary N) is 1. The molecule has 9 nitrogen and oxygen atoms in total. The van der Waals surface area contributed by atoms with Gasteiger partial charge in [0.25, 0.3) is 11.8 Å². The molecule has 0 radical (unpaired) electrons.